The van der Waals surface area contributed by atoms with Crippen LogP contribution in [0.5, 0.6) is 11.5 Å². The van der Waals surface area contributed by atoms with Gasteiger partial charge >= 0.3 is 0 Å². The minimum Gasteiger partial charge on any atom is -0.504 e. The molecule has 21 heavy (non-hydrogen) atoms. The summed E-state index contributed by atoms with van der Waals surface area (Å²) in [6.07, 6.45) is 4.90. The molecule has 1 aliphatic carbocycles. The molecule has 1 atom stereocenters. The number of ether oxygens (including phenoxy) is 1. The molecule has 2 aromatic rings. The molecule has 3 rings (SSSR count). The minimum atomic E-state index is 0.137. The van der Waals surface area contributed by atoms with Gasteiger partial charge in [0.05, 0.1) is 13.4 Å². The summed E-state index contributed by atoms with van der Waals surface area (Å²) in [7, 11) is 1.52. The largest absolute Gasteiger partial charge is 0.504 e. The molecule has 0 amide bonds. The third-order valence-corrected chi connectivity index (χ3v) is 4.15. The second-order valence-corrected chi connectivity index (χ2v) is 5.68. The number of benzene rings is 1. The lowest BCUT2D eigenvalue weighted by Crippen LogP contribution is -2.24. The second kappa shape index (κ2) is 6.00. The maximum absolute atomic E-state index is 10.2. The van der Waals surface area contributed by atoms with E-state index >= 15 is 0 Å². The SMILES string of the molecule is COc1cc(Cl)cc(CNC2CCCc3occc32)c1O. The van der Waals surface area contributed by atoms with Crippen LogP contribution < -0.4 is 10.1 Å². The number of furan rings is 1. The predicted molar refractivity (Wildman–Crippen MR) is 80.9 cm³/mol. The molecular weight excluding hydrogens is 290 g/mol. The van der Waals surface area contributed by atoms with Gasteiger partial charge in [0.15, 0.2) is 11.5 Å². The molecule has 1 aromatic carbocycles. The lowest BCUT2D eigenvalue weighted by atomic mass is 9.93. The molecule has 1 aliphatic rings. The number of halogens is 1. The number of methoxy groups -OCH3 is 1. The Labute approximate surface area is 128 Å². The number of phenolic OH excluding ortho intramolecular Hbond substituents is 1. The van der Waals surface area contributed by atoms with Crippen molar-refractivity contribution in [1.82, 2.24) is 5.32 Å². The topological polar surface area (TPSA) is 54.6 Å². The van der Waals surface area contributed by atoms with Crippen LogP contribution in [0.15, 0.2) is 28.9 Å². The maximum Gasteiger partial charge on any atom is 0.162 e. The fourth-order valence-electron chi connectivity index (χ4n) is 2.85. The number of phenols is 1. The van der Waals surface area contributed by atoms with E-state index in [2.05, 4.69) is 5.32 Å². The molecule has 1 unspecified atom stereocenters. The van der Waals surface area contributed by atoms with Crippen LogP contribution in [0.3, 0.4) is 0 Å². The van der Waals surface area contributed by atoms with Crippen LogP contribution in [-0.4, -0.2) is 12.2 Å². The average molecular weight is 308 g/mol. The summed E-state index contributed by atoms with van der Waals surface area (Å²) in [5.41, 5.74) is 1.95. The van der Waals surface area contributed by atoms with Gasteiger partial charge in [0.25, 0.3) is 0 Å². The van der Waals surface area contributed by atoms with E-state index in [1.54, 1.807) is 18.4 Å². The van der Waals surface area contributed by atoms with Crippen molar-refractivity contribution in [2.75, 3.05) is 7.11 Å². The third kappa shape index (κ3) is 2.87. The average Bonchev–Trinajstić information content (AvgIpc) is 2.96. The molecule has 4 nitrogen and oxygen atoms in total. The van der Waals surface area contributed by atoms with Crippen molar-refractivity contribution < 1.29 is 14.3 Å². The highest BCUT2D eigenvalue weighted by Crippen LogP contribution is 2.35. The molecule has 0 bridgehead atoms. The first-order valence-corrected chi connectivity index (χ1v) is 7.42. The molecule has 0 spiro atoms. The zero-order valence-corrected chi connectivity index (χ0v) is 12.6. The quantitative estimate of drug-likeness (QED) is 0.901. The van der Waals surface area contributed by atoms with E-state index in [1.165, 1.54) is 12.7 Å². The van der Waals surface area contributed by atoms with Crippen molar-refractivity contribution in [3.8, 4) is 11.5 Å². The fraction of sp³-hybridized carbons (Fsp3) is 0.375. The Morgan fingerprint density at radius 1 is 1.48 bits per heavy atom. The highest BCUT2D eigenvalue weighted by atomic mass is 35.5. The zero-order chi connectivity index (χ0) is 14.8. The Morgan fingerprint density at radius 2 is 2.33 bits per heavy atom. The summed E-state index contributed by atoms with van der Waals surface area (Å²) in [5.74, 6) is 1.59. The maximum atomic E-state index is 10.2. The van der Waals surface area contributed by atoms with Crippen molar-refractivity contribution in [1.29, 1.82) is 0 Å². The summed E-state index contributed by atoms with van der Waals surface area (Å²) in [5, 5.41) is 14.2. The third-order valence-electron chi connectivity index (χ3n) is 3.93. The van der Waals surface area contributed by atoms with E-state index in [-0.39, 0.29) is 11.8 Å². The van der Waals surface area contributed by atoms with Crippen molar-refractivity contribution in [3.05, 3.63) is 46.4 Å². The number of aryl methyl sites for hydroxylation is 1. The van der Waals surface area contributed by atoms with Crippen LogP contribution >= 0.6 is 11.6 Å². The number of rotatable bonds is 4. The van der Waals surface area contributed by atoms with E-state index in [9.17, 15) is 5.11 Å². The smallest absolute Gasteiger partial charge is 0.162 e. The van der Waals surface area contributed by atoms with Crippen LogP contribution in [0.2, 0.25) is 5.02 Å². The lowest BCUT2D eigenvalue weighted by Gasteiger charge is -2.23. The normalized spacial score (nSPS) is 17.5. The van der Waals surface area contributed by atoms with Gasteiger partial charge in [-0.15, -0.1) is 0 Å². The molecule has 0 radical (unpaired) electrons. The fourth-order valence-corrected chi connectivity index (χ4v) is 3.08. The number of aromatic hydroxyl groups is 1. The van der Waals surface area contributed by atoms with E-state index in [1.807, 2.05) is 6.07 Å². The summed E-state index contributed by atoms with van der Waals surface area (Å²) < 4.78 is 10.6. The van der Waals surface area contributed by atoms with Crippen molar-refractivity contribution >= 4 is 11.6 Å². The molecular formula is C16H18ClNO3. The Morgan fingerprint density at radius 3 is 3.14 bits per heavy atom. The monoisotopic (exact) mass is 307 g/mol. The standard InChI is InChI=1S/C16H18ClNO3/c1-20-15-8-11(17)7-10(16(15)19)9-18-13-3-2-4-14-12(13)5-6-21-14/h5-8,13,18-19H,2-4,9H2,1H3. The summed E-state index contributed by atoms with van der Waals surface area (Å²) in [4.78, 5) is 0. The lowest BCUT2D eigenvalue weighted by molar-refractivity contribution is 0.366. The summed E-state index contributed by atoms with van der Waals surface area (Å²) in [6.45, 7) is 0.526. The molecule has 0 aliphatic heterocycles. The van der Waals surface area contributed by atoms with Gasteiger partial charge in [0.1, 0.15) is 5.76 Å². The molecule has 0 saturated heterocycles. The van der Waals surface area contributed by atoms with Crippen molar-refractivity contribution in [3.63, 3.8) is 0 Å². The molecule has 0 fully saturated rings. The van der Waals surface area contributed by atoms with E-state index in [4.69, 9.17) is 20.8 Å². The molecule has 2 N–H and O–H groups in total. The van der Waals surface area contributed by atoms with Crippen LogP contribution in [0, 0.1) is 0 Å². The summed E-state index contributed by atoms with van der Waals surface area (Å²) >= 11 is 6.05. The highest BCUT2D eigenvalue weighted by molar-refractivity contribution is 6.30. The van der Waals surface area contributed by atoms with E-state index in [0.29, 0.717) is 17.3 Å². The molecule has 5 heteroatoms. The van der Waals surface area contributed by atoms with Gasteiger partial charge in [-0.2, -0.15) is 0 Å². The molecule has 1 heterocycles. The second-order valence-electron chi connectivity index (χ2n) is 5.24. The Bertz CT molecular complexity index is 638. The van der Waals surface area contributed by atoms with Gasteiger partial charge in [0, 0.05) is 41.2 Å². The first-order chi connectivity index (χ1) is 10.2. The summed E-state index contributed by atoms with van der Waals surface area (Å²) in [6, 6.07) is 5.63. The number of nitrogens with one attached hydrogen (secondary N) is 1. The van der Waals surface area contributed by atoms with Gasteiger partial charge in [-0.25, -0.2) is 0 Å². The van der Waals surface area contributed by atoms with Gasteiger partial charge in [-0.3, -0.25) is 0 Å². The van der Waals surface area contributed by atoms with Crippen molar-refractivity contribution in [2.45, 2.75) is 31.8 Å². The first kappa shape index (κ1) is 14.3. The molecule has 112 valence electrons. The van der Waals surface area contributed by atoms with Gasteiger partial charge < -0.3 is 19.6 Å². The zero-order valence-electron chi connectivity index (χ0n) is 11.9. The molecule has 1 aromatic heterocycles. The Balaban J connectivity index is 1.76. The predicted octanol–water partition coefficient (Wildman–Crippen LogP) is 3.81. The molecule has 0 saturated carbocycles. The van der Waals surface area contributed by atoms with Crippen LogP contribution in [0.25, 0.3) is 0 Å². The number of fused-ring (bicyclic) bond motifs is 1. The van der Waals surface area contributed by atoms with Crippen LogP contribution in [0.4, 0.5) is 0 Å². The van der Waals surface area contributed by atoms with E-state index in [0.717, 1.165) is 30.6 Å². The van der Waals surface area contributed by atoms with Crippen molar-refractivity contribution in [2.24, 2.45) is 0 Å². The Kier molecular flexibility index (Phi) is 4.08. The first-order valence-electron chi connectivity index (χ1n) is 7.04. The van der Waals surface area contributed by atoms with Gasteiger partial charge in [0.2, 0.25) is 0 Å². The van der Waals surface area contributed by atoms with Gasteiger partial charge in [-0.05, 0) is 25.0 Å². The van der Waals surface area contributed by atoms with Crippen LogP contribution in [-0.2, 0) is 13.0 Å². The highest BCUT2D eigenvalue weighted by Gasteiger charge is 2.22. The number of hydrogen-bond acceptors (Lipinski definition) is 4. The Hall–Kier alpha value is -1.65. The minimum absolute atomic E-state index is 0.137. The van der Waals surface area contributed by atoms with Gasteiger partial charge in [-0.1, -0.05) is 11.6 Å². The van der Waals surface area contributed by atoms with E-state index < -0.39 is 0 Å². The number of hydrogen-bond donors (Lipinski definition) is 2. The van der Waals surface area contributed by atoms with Crippen LogP contribution in [0.1, 0.15) is 35.8 Å².